The molecule has 3 rings (SSSR count). The van der Waals surface area contributed by atoms with E-state index in [-0.39, 0.29) is 38.3 Å². The number of rotatable bonds is 5. The molecule has 4 amide bonds. The van der Waals surface area contributed by atoms with Crippen LogP contribution in [-0.4, -0.2) is 66.4 Å². The minimum Gasteiger partial charge on any atom is -0.353 e. The van der Waals surface area contributed by atoms with Crippen LogP contribution in [0.5, 0.6) is 0 Å². The number of amides is 4. The summed E-state index contributed by atoms with van der Waals surface area (Å²) in [6.07, 6.45) is 0. The summed E-state index contributed by atoms with van der Waals surface area (Å²) in [6, 6.07) is 8.23. The molecular weight excluding hydrogens is 420 g/mol. The molecule has 10 heteroatoms. The molecule has 1 aliphatic heterocycles. The maximum atomic E-state index is 13.6. The second-order valence-electron chi connectivity index (χ2n) is 7.49. The van der Waals surface area contributed by atoms with Gasteiger partial charge < -0.3 is 26.2 Å². The number of carbonyl (C=O) groups is 3. The largest absolute Gasteiger partial charge is 0.353 e. The maximum Gasteiger partial charge on any atom is 0.322 e. The molecule has 1 saturated heterocycles. The topological polar surface area (TPSA) is 108 Å². The highest BCUT2D eigenvalue weighted by atomic mass is 19.1. The first-order chi connectivity index (χ1) is 15.3. The van der Waals surface area contributed by atoms with E-state index in [0.717, 1.165) is 17.7 Å². The third-order valence-electron chi connectivity index (χ3n) is 5.09. The first-order valence-corrected chi connectivity index (χ1v) is 10.2. The highest BCUT2D eigenvalue weighted by molar-refractivity contribution is 5.97. The Kier molecular flexibility index (Phi) is 7.37. The van der Waals surface area contributed by atoms with Crippen molar-refractivity contribution in [1.82, 2.24) is 15.1 Å². The van der Waals surface area contributed by atoms with Crippen LogP contribution in [0.1, 0.15) is 15.9 Å². The highest BCUT2D eigenvalue weighted by Gasteiger charge is 2.37. The molecule has 2 aromatic rings. The van der Waals surface area contributed by atoms with E-state index >= 15 is 0 Å². The molecule has 4 N–H and O–H groups in total. The minimum absolute atomic E-state index is 0.0575. The van der Waals surface area contributed by atoms with Gasteiger partial charge in [-0.3, -0.25) is 9.59 Å². The lowest BCUT2D eigenvalue weighted by molar-refractivity contribution is -0.126. The average Bonchev–Trinajstić information content (AvgIpc) is 2.77. The van der Waals surface area contributed by atoms with E-state index in [0.29, 0.717) is 11.8 Å². The zero-order valence-electron chi connectivity index (χ0n) is 17.6. The van der Waals surface area contributed by atoms with Gasteiger partial charge in [-0.15, -0.1) is 0 Å². The van der Waals surface area contributed by atoms with Crippen molar-refractivity contribution in [3.63, 3.8) is 0 Å². The number of hydrogen-bond acceptors (Lipinski definition) is 4. The molecule has 32 heavy (non-hydrogen) atoms. The van der Waals surface area contributed by atoms with Crippen LogP contribution in [-0.2, 0) is 4.79 Å². The van der Waals surface area contributed by atoms with Crippen molar-refractivity contribution >= 4 is 23.5 Å². The zero-order valence-corrected chi connectivity index (χ0v) is 17.6. The number of nitrogens with zero attached hydrogens (tertiary/aromatic N) is 2. The van der Waals surface area contributed by atoms with Crippen LogP contribution in [0.3, 0.4) is 0 Å². The molecule has 0 radical (unpaired) electrons. The van der Waals surface area contributed by atoms with Crippen molar-refractivity contribution in [2.75, 3.05) is 38.0 Å². The number of nitrogens with one attached hydrogen (secondary N) is 2. The Labute approximate surface area is 184 Å². The molecule has 2 aromatic carbocycles. The van der Waals surface area contributed by atoms with Crippen molar-refractivity contribution in [3.8, 4) is 0 Å². The summed E-state index contributed by atoms with van der Waals surface area (Å²) in [5.41, 5.74) is 6.88. The first-order valence-electron chi connectivity index (χ1n) is 10.2. The van der Waals surface area contributed by atoms with Crippen LogP contribution in [0.15, 0.2) is 42.5 Å². The standard InChI is InChI=1S/C22H25F2N5O3/c1-14-2-4-18(5-3-14)27-22(32)29-9-8-28(13-19(29)20(30)26-7-6-25)21(31)15-10-16(23)12-17(24)11-15/h2-5,10-12,19H,6-9,13,25H2,1H3,(H,26,30)(H,27,32). The summed E-state index contributed by atoms with van der Waals surface area (Å²) in [7, 11) is 0. The van der Waals surface area contributed by atoms with Crippen LogP contribution in [0.4, 0.5) is 19.3 Å². The molecule has 1 aliphatic rings. The Balaban J connectivity index is 1.78. The lowest BCUT2D eigenvalue weighted by Crippen LogP contribution is -2.62. The van der Waals surface area contributed by atoms with Gasteiger partial charge in [-0.2, -0.15) is 0 Å². The lowest BCUT2D eigenvalue weighted by atomic mass is 10.1. The molecule has 8 nitrogen and oxygen atoms in total. The van der Waals surface area contributed by atoms with Gasteiger partial charge in [0.2, 0.25) is 5.91 Å². The molecule has 0 saturated carbocycles. The molecule has 1 atom stereocenters. The molecule has 1 heterocycles. The smallest absolute Gasteiger partial charge is 0.322 e. The van der Waals surface area contributed by atoms with Gasteiger partial charge in [-0.25, -0.2) is 13.6 Å². The number of aryl methyl sites for hydroxylation is 1. The monoisotopic (exact) mass is 445 g/mol. The maximum absolute atomic E-state index is 13.6. The van der Waals surface area contributed by atoms with Crippen LogP contribution < -0.4 is 16.4 Å². The van der Waals surface area contributed by atoms with E-state index in [2.05, 4.69) is 10.6 Å². The lowest BCUT2D eigenvalue weighted by Gasteiger charge is -2.40. The molecule has 1 fully saturated rings. The number of piperazine rings is 1. The van der Waals surface area contributed by atoms with Crippen molar-refractivity contribution in [2.45, 2.75) is 13.0 Å². The van der Waals surface area contributed by atoms with Gasteiger partial charge in [0.15, 0.2) is 0 Å². The van der Waals surface area contributed by atoms with E-state index < -0.39 is 35.5 Å². The Hall–Kier alpha value is -3.53. The van der Waals surface area contributed by atoms with Gasteiger partial charge in [0, 0.05) is 43.5 Å². The van der Waals surface area contributed by atoms with Gasteiger partial charge >= 0.3 is 6.03 Å². The fourth-order valence-corrected chi connectivity index (χ4v) is 3.44. The summed E-state index contributed by atoms with van der Waals surface area (Å²) >= 11 is 0. The second kappa shape index (κ2) is 10.2. The van der Waals surface area contributed by atoms with Crippen LogP contribution in [0, 0.1) is 18.6 Å². The van der Waals surface area contributed by atoms with E-state index in [4.69, 9.17) is 5.73 Å². The number of urea groups is 1. The van der Waals surface area contributed by atoms with Gasteiger partial charge in [0.25, 0.3) is 5.91 Å². The fourth-order valence-electron chi connectivity index (χ4n) is 3.44. The number of anilines is 1. The van der Waals surface area contributed by atoms with Gasteiger partial charge in [-0.05, 0) is 31.2 Å². The average molecular weight is 445 g/mol. The number of halogens is 2. The summed E-state index contributed by atoms with van der Waals surface area (Å²) in [4.78, 5) is 41.1. The Morgan fingerprint density at radius 3 is 2.34 bits per heavy atom. The van der Waals surface area contributed by atoms with Crippen molar-refractivity contribution in [1.29, 1.82) is 0 Å². The number of nitrogens with two attached hydrogens (primary N) is 1. The summed E-state index contributed by atoms with van der Waals surface area (Å²) in [5.74, 6) is -2.85. The Morgan fingerprint density at radius 1 is 1.06 bits per heavy atom. The van der Waals surface area contributed by atoms with Gasteiger partial charge in [0.05, 0.1) is 6.54 Å². The van der Waals surface area contributed by atoms with Crippen LogP contribution >= 0.6 is 0 Å². The fraction of sp³-hybridized carbons (Fsp3) is 0.318. The summed E-state index contributed by atoms with van der Waals surface area (Å²) in [6.45, 7) is 2.35. The number of carbonyl (C=O) groups excluding carboxylic acids is 3. The zero-order chi connectivity index (χ0) is 23.3. The predicted molar refractivity (Wildman–Crippen MR) is 115 cm³/mol. The van der Waals surface area contributed by atoms with Crippen molar-refractivity contribution in [3.05, 3.63) is 65.2 Å². The van der Waals surface area contributed by atoms with Gasteiger partial charge in [-0.1, -0.05) is 17.7 Å². The summed E-state index contributed by atoms with van der Waals surface area (Å²) < 4.78 is 27.1. The third-order valence-corrected chi connectivity index (χ3v) is 5.09. The van der Waals surface area contributed by atoms with E-state index in [1.54, 1.807) is 12.1 Å². The molecule has 0 bridgehead atoms. The highest BCUT2D eigenvalue weighted by Crippen LogP contribution is 2.18. The quantitative estimate of drug-likeness (QED) is 0.651. The molecule has 0 aliphatic carbocycles. The summed E-state index contributed by atoms with van der Waals surface area (Å²) in [5, 5.41) is 5.38. The molecule has 170 valence electrons. The first kappa shape index (κ1) is 23.1. The number of benzene rings is 2. The molecule has 1 unspecified atom stereocenters. The van der Waals surface area contributed by atoms with Crippen LogP contribution in [0.2, 0.25) is 0 Å². The Morgan fingerprint density at radius 2 is 1.72 bits per heavy atom. The molecular formula is C22H25F2N5O3. The molecule has 0 aromatic heterocycles. The molecule has 0 spiro atoms. The van der Waals surface area contributed by atoms with Crippen LogP contribution in [0.25, 0.3) is 0 Å². The normalized spacial score (nSPS) is 15.9. The van der Waals surface area contributed by atoms with Gasteiger partial charge in [0.1, 0.15) is 17.7 Å². The van der Waals surface area contributed by atoms with E-state index in [1.165, 1.54) is 9.80 Å². The van der Waals surface area contributed by atoms with E-state index in [9.17, 15) is 23.2 Å². The van der Waals surface area contributed by atoms with Crippen molar-refractivity contribution in [2.24, 2.45) is 5.73 Å². The third kappa shape index (κ3) is 5.58. The van der Waals surface area contributed by atoms with Crippen molar-refractivity contribution < 1.29 is 23.2 Å². The minimum atomic E-state index is -0.997. The van der Waals surface area contributed by atoms with E-state index in [1.807, 2.05) is 19.1 Å². The number of hydrogen-bond donors (Lipinski definition) is 3. The predicted octanol–water partition coefficient (Wildman–Crippen LogP) is 1.71. The Bertz CT molecular complexity index is 979. The second-order valence-corrected chi connectivity index (χ2v) is 7.49. The SMILES string of the molecule is Cc1ccc(NC(=O)N2CCN(C(=O)c3cc(F)cc(F)c3)CC2C(=O)NCCN)cc1.